The predicted octanol–water partition coefficient (Wildman–Crippen LogP) is 2.74. The number of carbonyl (C=O) groups excluding carboxylic acids is 1. The van der Waals surface area contributed by atoms with Crippen molar-refractivity contribution >= 4 is 11.7 Å². The maximum absolute atomic E-state index is 12.2. The van der Waals surface area contributed by atoms with Crippen molar-refractivity contribution in [2.75, 3.05) is 11.9 Å². The van der Waals surface area contributed by atoms with E-state index in [1.165, 1.54) is 0 Å². The summed E-state index contributed by atoms with van der Waals surface area (Å²) in [6.45, 7) is 3.69. The van der Waals surface area contributed by atoms with Gasteiger partial charge in [-0.15, -0.1) is 0 Å². The van der Waals surface area contributed by atoms with Crippen molar-refractivity contribution in [3.05, 3.63) is 71.7 Å². The first kappa shape index (κ1) is 17.6. The number of hydrogen-bond acceptors (Lipinski definition) is 4. The van der Waals surface area contributed by atoms with Crippen LogP contribution in [0.1, 0.15) is 23.0 Å². The number of pyridine rings is 1. The van der Waals surface area contributed by atoms with Crippen LogP contribution in [-0.2, 0) is 0 Å². The lowest BCUT2D eigenvalue weighted by molar-refractivity contribution is 0.225. The molecule has 3 rings (SSSR count). The van der Waals surface area contributed by atoms with Gasteiger partial charge in [-0.05, 0) is 37.6 Å². The molecule has 0 radical (unpaired) electrons. The highest BCUT2D eigenvalue weighted by Gasteiger charge is 2.13. The van der Waals surface area contributed by atoms with E-state index in [4.69, 9.17) is 0 Å². The Morgan fingerprint density at radius 1 is 1.19 bits per heavy atom. The van der Waals surface area contributed by atoms with E-state index in [1.54, 1.807) is 23.0 Å². The molecule has 0 fully saturated rings. The molecule has 0 aliphatic rings. The highest BCUT2D eigenvalue weighted by Crippen LogP contribution is 2.14. The van der Waals surface area contributed by atoms with Gasteiger partial charge in [-0.1, -0.05) is 30.3 Å². The molecular weight excluding hydrogens is 330 g/mol. The zero-order valence-electron chi connectivity index (χ0n) is 14.7. The summed E-state index contributed by atoms with van der Waals surface area (Å²) in [5.41, 5.74) is 3.30. The van der Waals surface area contributed by atoms with E-state index in [9.17, 15) is 9.90 Å². The summed E-state index contributed by atoms with van der Waals surface area (Å²) in [4.78, 5) is 16.5. The molecule has 0 aliphatic heterocycles. The maximum Gasteiger partial charge on any atom is 0.319 e. The molecule has 2 heterocycles. The van der Waals surface area contributed by atoms with Gasteiger partial charge in [-0.25, -0.2) is 14.5 Å². The third-order valence-electron chi connectivity index (χ3n) is 3.92. The molecule has 2 amide bonds. The first-order valence-electron chi connectivity index (χ1n) is 8.30. The van der Waals surface area contributed by atoms with E-state index in [0.29, 0.717) is 11.5 Å². The number of aliphatic hydroxyl groups is 1. The first-order chi connectivity index (χ1) is 12.6. The normalized spacial score (nSPS) is 11.8. The number of aryl methyl sites for hydroxylation is 2. The van der Waals surface area contributed by atoms with Gasteiger partial charge in [-0.3, -0.25) is 0 Å². The summed E-state index contributed by atoms with van der Waals surface area (Å²) in [7, 11) is 0. The van der Waals surface area contributed by atoms with Crippen molar-refractivity contribution in [2.45, 2.75) is 19.9 Å². The first-order valence-corrected chi connectivity index (χ1v) is 8.30. The van der Waals surface area contributed by atoms with Crippen LogP contribution in [0.25, 0.3) is 5.82 Å². The number of amides is 2. The van der Waals surface area contributed by atoms with Gasteiger partial charge in [0.25, 0.3) is 0 Å². The largest absolute Gasteiger partial charge is 0.394 e. The predicted molar refractivity (Wildman–Crippen MR) is 99.3 cm³/mol. The van der Waals surface area contributed by atoms with Crippen LogP contribution in [0.3, 0.4) is 0 Å². The van der Waals surface area contributed by atoms with Gasteiger partial charge >= 0.3 is 6.03 Å². The Balaban J connectivity index is 1.65. The van der Waals surface area contributed by atoms with Crippen LogP contribution in [-0.4, -0.2) is 32.5 Å². The number of urea groups is 1. The molecule has 7 heteroatoms. The van der Waals surface area contributed by atoms with Crippen molar-refractivity contribution in [3.63, 3.8) is 0 Å². The van der Waals surface area contributed by atoms with Crippen LogP contribution in [0.4, 0.5) is 10.5 Å². The Hall–Kier alpha value is -3.19. The molecule has 134 valence electrons. The number of aromatic nitrogens is 3. The topological polar surface area (TPSA) is 92.1 Å². The van der Waals surface area contributed by atoms with Crippen molar-refractivity contribution in [2.24, 2.45) is 0 Å². The molecule has 1 unspecified atom stereocenters. The van der Waals surface area contributed by atoms with Crippen LogP contribution in [0, 0.1) is 13.8 Å². The fourth-order valence-corrected chi connectivity index (χ4v) is 2.69. The smallest absolute Gasteiger partial charge is 0.319 e. The van der Waals surface area contributed by atoms with E-state index in [-0.39, 0.29) is 6.61 Å². The van der Waals surface area contributed by atoms with Crippen molar-refractivity contribution in [1.29, 1.82) is 0 Å². The summed E-state index contributed by atoms with van der Waals surface area (Å²) in [6.07, 6.45) is 1.57. The molecule has 3 N–H and O–H groups in total. The van der Waals surface area contributed by atoms with Crippen LogP contribution in [0.15, 0.2) is 54.7 Å². The molecule has 26 heavy (non-hydrogen) atoms. The lowest BCUT2D eigenvalue weighted by atomic mass is 10.1. The monoisotopic (exact) mass is 351 g/mol. The number of anilines is 1. The zero-order valence-corrected chi connectivity index (χ0v) is 14.7. The SMILES string of the molecule is Cc1cc(C)n(-c2ccc(NC(=O)NC(CO)c3ccccc3)cn2)n1. The minimum Gasteiger partial charge on any atom is -0.394 e. The lowest BCUT2D eigenvalue weighted by Gasteiger charge is -2.17. The van der Waals surface area contributed by atoms with Crippen molar-refractivity contribution < 1.29 is 9.90 Å². The van der Waals surface area contributed by atoms with Gasteiger partial charge < -0.3 is 15.7 Å². The fraction of sp³-hybridized carbons (Fsp3) is 0.211. The number of benzene rings is 1. The van der Waals surface area contributed by atoms with Crippen molar-refractivity contribution in [1.82, 2.24) is 20.1 Å². The molecule has 7 nitrogen and oxygen atoms in total. The number of aliphatic hydroxyl groups excluding tert-OH is 1. The number of nitrogens with zero attached hydrogens (tertiary/aromatic N) is 3. The standard InChI is InChI=1S/C19H21N5O2/c1-13-10-14(2)24(23-13)18-9-8-16(11-20-18)21-19(26)22-17(12-25)15-6-4-3-5-7-15/h3-11,17,25H,12H2,1-2H3,(H2,21,22,26). The van der Waals surface area contributed by atoms with Gasteiger partial charge in [0.1, 0.15) is 0 Å². The summed E-state index contributed by atoms with van der Waals surface area (Å²) < 4.78 is 1.75. The number of hydrogen-bond donors (Lipinski definition) is 3. The minimum absolute atomic E-state index is 0.188. The summed E-state index contributed by atoms with van der Waals surface area (Å²) >= 11 is 0. The van der Waals surface area contributed by atoms with Crippen LogP contribution in [0.2, 0.25) is 0 Å². The van der Waals surface area contributed by atoms with Crippen LogP contribution < -0.4 is 10.6 Å². The van der Waals surface area contributed by atoms with Gasteiger partial charge in [0, 0.05) is 5.69 Å². The van der Waals surface area contributed by atoms with Crippen LogP contribution >= 0.6 is 0 Å². The molecule has 0 saturated heterocycles. The van der Waals surface area contributed by atoms with Gasteiger partial charge in [0.2, 0.25) is 0 Å². The quantitative estimate of drug-likeness (QED) is 0.659. The van der Waals surface area contributed by atoms with Crippen molar-refractivity contribution in [3.8, 4) is 5.82 Å². The van der Waals surface area contributed by atoms with Gasteiger partial charge in [-0.2, -0.15) is 5.10 Å². The third kappa shape index (κ3) is 4.07. The summed E-state index contributed by atoms with van der Waals surface area (Å²) in [5, 5.41) is 19.4. The molecule has 1 aromatic carbocycles. The van der Waals surface area contributed by atoms with E-state index in [1.807, 2.05) is 50.2 Å². The van der Waals surface area contributed by atoms with Gasteiger partial charge in [0.15, 0.2) is 5.82 Å². The molecule has 0 bridgehead atoms. The minimum atomic E-state index is -0.474. The highest BCUT2D eigenvalue weighted by molar-refractivity contribution is 5.89. The molecule has 2 aromatic heterocycles. The number of carbonyl (C=O) groups is 1. The average molecular weight is 351 g/mol. The average Bonchev–Trinajstić information content (AvgIpc) is 2.99. The Morgan fingerprint density at radius 2 is 1.96 bits per heavy atom. The fourth-order valence-electron chi connectivity index (χ4n) is 2.69. The Bertz CT molecular complexity index is 875. The van der Waals surface area contributed by atoms with Gasteiger partial charge in [0.05, 0.1) is 30.2 Å². The maximum atomic E-state index is 12.2. The molecule has 0 spiro atoms. The molecule has 1 atom stereocenters. The molecule has 0 saturated carbocycles. The molecule has 0 aliphatic carbocycles. The number of nitrogens with one attached hydrogen (secondary N) is 2. The van der Waals surface area contributed by atoms with E-state index < -0.39 is 12.1 Å². The second-order valence-electron chi connectivity index (χ2n) is 5.99. The highest BCUT2D eigenvalue weighted by atomic mass is 16.3. The summed E-state index contributed by atoms with van der Waals surface area (Å²) in [5.74, 6) is 0.680. The third-order valence-corrected chi connectivity index (χ3v) is 3.92. The molecular formula is C19H21N5O2. The summed E-state index contributed by atoms with van der Waals surface area (Å²) in [6, 6.07) is 13.9. The Labute approximate surface area is 151 Å². The zero-order chi connectivity index (χ0) is 18.5. The molecule has 3 aromatic rings. The van der Waals surface area contributed by atoms with E-state index in [2.05, 4.69) is 20.7 Å². The lowest BCUT2D eigenvalue weighted by Crippen LogP contribution is -2.34. The second kappa shape index (κ2) is 7.79. The van der Waals surface area contributed by atoms with E-state index >= 15 is 0 Å². The second-order valence-corrected chi connectivity index (χ2v) is 5.99. The van der Waals surface area contributed by atoms with E-state index in [0.717, 1.165) is 17.0 Å². The Kier molecular flexibility index (Phi) is 5.28. The number of rotatable bonds is 5. The Morgan fingerprint density at radius 3 is 2.54 bits per heavy atom. The van der Waals surface area contributed by atoms with Crippen LogP contribution in [0.5, 0.6) is 0 Å².